The summed E-state index contributed by atoms with van der Waals surface area (Å²) in [6.45, 7) is 2.79. The lowest BCUT2D eigenvalue weighted by Gasteiger charge is -2.34. The molecule has 1 aliphatic heterocycles. The highest BCUT2D eigenvalue weighted by Crippen LogP contribution is 2.34. The number of fused-ring (bicyclic) bond motifs is 1. The Bertz CT molecular complexity index is 668. The number of halogens is 2. The van der Waals surface area contributed by atoms with Crippen LogP contribution in [0.3, 0.4) is 0 Å². The predicted molar refractivity (Wildman–Crippen MR) is 83.9 cm³/mol. The molecule has 1 amide bonds. The van der Waals surface area contributed by atoms with Crippen LogP contribution in [0.25, 0.3) is 0 Å². The fourth-order valence-corrected chi connectivity index (χ4v) is 4.06. The molecule has 1 aromatic heterocycles. The van der Waals surface area contributed by atoms with E-state index in [1.807, 2.05) is 4.90 Å². The van der Waals surface area contributed by atoms with Crippen molar-refractivity contribution in [2.45, 2.75) is 19.4 Å². The SMILES string of the molecule is C[C@@H]1c2ccsc2CCN1C(=O)c1ccc(Cl)cc1Cl. The third kappa shape index (κ3) is 2.34. The van der Waals surface area contributed by atoms with E-state index < -0.39 is 0 Å². The molecule has 0 saturated heterocycles. The Morgan fingerprint density at radius 2 is 2.15 bits per heavy atom. The zero-order chi connectivity index (χ0) is 14.3. The van der Waals surface area contributed by atoms with E-state index in [0.29, 0.717) is 15.6 Å². The second-order valence-corrected chi connectivity index (χ2v) is 6.69. The molecule has 20 heavy (non-hydrogen) atoms. The van der Waals surface area contributed by atoms with Crippen LogP contribution < -0.4 is 0 Å². The van der Waals surface area contributed by atoms with Crippen molar-refractivity contribution in [2.24, 2.45) is 0 Å². The van der Waals surface area contributed by atoms with E-state index in [0.717, 1.165) is 13.0 Å². The van der Waals surface area contributed by atoms with Crippen molar-refractivity contribution in [3.05, 3.63) is 55.7 Å². The summed E-state index contributed by atoms with van der Waals surface area (Å²) in [5.74, 6) is -0.0315. The van der Waals surface area contributed by atoms with Crippen LogP contribution in [0.15, 0.2) is 29.6 Å². The topological polar surface area (TPSA) is 20.3 Å². The molecule has 0 saturated carbocycles. The van der Waals surface area contributed by atoms with Gasteiger partial charge in [-0.2, -0.15) is 0 Å². The minimum Gasteiger partial charge on any atom is -0.331 e. The number of rotatable bonds is 1. The predicted octanol–water partition coefficient (Wildman–Crippen LogP) is 4.81. The summed E-state index contributed by atoms with van der Waals surface area (Å²) >= 11 is 13.8. The molecule has 104 valence electrons. The molecule has 3 rings (SSSR count). The van der Waals surface area contributed by atoms with Crippen LogP contribution in [0, 0.1) is 0 Å². The Labute approximate surface area is 131 Å². The zero-order valence-electron chi connectivity index (χ0n) is 10.9. The number of nitrogens with zero attached hydrogens (tertiary/aromatic N) is 1. The molecule has 1 aliphatic rings. The van der Waals surface area contributed by atoms with Crippen LogP contribution in [0.2, 0.25) is 10.0 Å². The molecule has 1 aromatic carbocycles. The van der Waals surface area contributed by atoms with Crippen LogP contribution in [0.1, 0.15) is 33.8 Å². The van der Waals surface area contributed by atoms with Crippen LogP contribution in [0.4, 0.5) is 0 Å². The monoisotopic (exact) mass is 325 g/mol. The molecule has 0 N–H and O–H groups in total. The fraction of sp³-hybridized carbons (Fsp3) is 0.267. The van der Waals surface area contributed by atoms with Gasteiger partial charge in [-0.1, -0.05) is 23.2 Å². The highest BCUT2D eigenvalue weighted by Gasteiger charge is 2.29. The molecule has 5 heteroatoms. The lowest BCUT2D eigenvalue weighted by Crippen LogP contribution is -2.38. The third-order valence-electron chi connectivity index (χ3n) is 3.70. The largest absolute Gasteiger partial charge is 0.331 e. The standard InChI is InChI=1S/C15H13Cl2NOS/c1-9-11-5-7-20-14(11)4-6-18(9)15(19)12-3-2-10(16)8-13(12)17/h2-3,5,7-9H,4,6H2,1H3/t9-/m1/s1. The normalized spacial score (nSPS) is 17.9. The summed E-state index contributed by atoms with van der Waals surface area (Å²) in [7, 11) is 0. The summed E-state index contributed by atoms with van der Waals surface area (Å²) in [6.07, 6.45) is 0.911. The van der Waals surface area contributed by atoms with E-state index in [2.05, 4.69) is 18.4 Å². The first-order valence-corrected chi connectivity index (χ1v) is 8.04. The molecule has 0 bridgehead atoms. The maximum absolute atomic E-state index is 12.7. The summed E-state index contributed by atoms with van der Waals surface area (Å²) in [5.41, 5.74) is 1.77. The second-order valence-electron chi connectivity index (χ2n) is 4.85. The Kier molecular flexibility index (Phi) is 3.76. The molecule has 2 nitrogen and oxygen atoms in total. The van der Waals surface area contributed by atoms with Crippen molar-refractivity contribution in [2.75, 3.05) is 6.54 Å². The summed E-state index contributed by atoms with van der Waals surface area (Å²) < 4.78 is 0. The molecule has 1 atom stereocenters. The van der Waals surface area contributed by atoms with Crippen molar-refractivity contribution in [3.63, 3.8) is 0 Å². The highest BCUT2D eigenvalue weighted by atomic mass is 35.5. The van der Waals surface area contributed by atoms with Crippen molar-refractivity contribution < 1.29 is 4.79 Å². The summed E-state index contributed by atoms with van der Waals surface area (Å²) in [6, 6.07) is 7.20. The smallest absolute Gasteiger partial charge is 0.255 e. The van der Waals surface area contributed by atoms with Gasteiger partial charge in [0.15, 0.2) is 0 Å². The highest BCUT2D eigenvalue weighted by molar-refractivity contribution is 7.10. The Morgan fingerprint density at radius 1 is 1.35 bits per heavy atom. The Hall–Kier alpha value is -1.03. The van der Waals surface area contributed by atoms with Gasteiger partial charge in [0.05, 0.1) is 16.6 Å². The average molecular weight is 326 g/mol. The van der Waals surface area contributed by atoms with E-state index in [1.165, 1.54) is 10.4 Å². The van der Waals surface area contributed by atoms with Gasteiger partial charge in [-0.15, -0.1) is 11.3 Å². The number of hydrogen-bond acceptors (Lipinski definition) is 2. The van der Waals surface area contributed by atoms with Gasteiger partial charge in [0, 0.05) is 16.4 Å². The third-order valence-corrected chi connectivity index (χ3v) is 5.24. The van der Waals surface area contributed by atoms with E-state index >= 15 is 0 Å². The second kappa shape index (κ2) is 5.40. The van der Waals surface area contributed by atoms with Crippen LogP contribution in [0.5, 0.6) is 0 Å². The van der Waals surface area contributed by atoms with Crippen LogP contribution in [-0.4, -0.2) is 17.4 Å². The molecule has 0 unspecified atom stereocenters. The first-order chi connectivity index (χ1) is 9.58. The van der Waals surface area contributed by atoms with E-state index in [9.17, 15) is 4.79 Å². The molecule has 2 heterocycles. The van der Waals surface area contributed by atoms with E-state index in [-0.39, 0.29) is 11.9 Å². The van der Waals surface area contributed by atoms with Crippen LogP contribution >= 0.6 is 34.5 Å². The van der Waals surface area contributed by atoms with Gasteiger partial charge >= 0.3 is 0 Å². The van der Waals surface area contributed by atoms with Gasteiger partial charge in [0.25, 0.3) is 5.91 Å². The molecular weight excluding hydrogens is 313 g/mol. The number of carbonyl (C=O) groups excluding carboxylic acids is 1. The lowest BCUT2D eigenvalue weighted by atomic mass is 10.0. The number of amides is 1. The number of benzene rings is 1. The molecule has 2 aromatic rings. The van der Waals surface area contributed by atoms with Gasteiger partial charge in [-0.25, -0.2) is 0 Å². The maximum atomic E-state index is 12.7. The molecule has 0 aliphatic carbocycles. The lowest BCUT2D eigenvalue weighted by molar-refractivity contribution is 0.0679. The first-order valence-electron chi connectivity index (χ1n) is 6.40. The minimum absolute atomic E-state index is 0.0315. The summed E-state index contributed by atoms with van der Waals surface area (Å²) in [4.78, 5) is 15.9. The number of thiophene rings is 1. The van der Waals surface area contributed by atoms with Crippen molar-refractivity contribution >= 4 is 40.4 Å². The average Bonchev–Trinajstić information content (AvgIpc) is 2.87. The van der Waals surface area contributed by atoms with Crippen LogP contribution in [-0.2, 0) is 6.42 Å². The number of carbonyl (C=O) groups is 1. The maximum Gasteiger partial charge on any atom is 0.255 e. The quantitative estimate of drug-likeness (QED) is 0.736. The van der Waals surface area contributed by atoms with Gasteiger partial charge in [-0.05, 0) is 48.6 Å². The van der Waals surface area contributed by atoms with Crippen molar-refractivity contribution in [1.82, 2.24) is 4.90 Å². The number of hydrogen-bond donors (Lipinski definition) is 0. The van der Waals surface area contributed by atoms with Gasteiger partial charge < -0.3 is 4.90 Å². The fourth-order valence-electron chi connectivity index (χ4n) is 2.60. The van der Waals surface area contributed by atoms with Gasteiger partial charge in [0.2, 0.25) is 0 Å². The summed E-state index contributed by atoms with van der Waals surface area (Å²) in [5, 5.41) is 3.04. The Morgan fingerprint density at radius 3 is 2.90 bits per heavy atom. The zero-order valence-corrected chi connectivity index (χ0v) is 13.2. The molecular formula is C15H13Cl2NOS. The molecule has 0 spiro atoms. The minimum atomic E-state index is -0.0315. The van der Waals surface area contributed by atoms with E-state index in [4.69, 9.17) is 23.2 Å². The van der Waals surface area contributed by atoms with Crippen molar-refractivity contribution in [1.29, 1.82) is 0 Å². The van der Waals surface area contributed by atoms with E-state index in [1.54, 1.807) is 29.5 Å². The Balaban J connectivity index is 1.92. The van der Waals surface area contributed by atoms with Crippen molar-refractivity contribution in [3.8, 4) is 0 Å². The molecule has 0 fully saturated rings. The molecule has 0 radical (unpaired) electrons. The van der Waals surface area contributed by atoms with Gasteiger partial charge in [0.1, 0.15) is 0 Å². The first kappa shape index (κ1) is 13.9. The van der Waals surface area contributed by atoms with Gasteiger partial charge in [-0.3, -0.25) is 4.79 Å².